The summed E-state index contributed by atoms with van der Waals surface area (Å²) in [5, 5.41) is 11.5. The van der Waals surface area contributed by atoms with Gasteiger partial charge in [-0.1, -0.05) is 6.07 Å². The van der Waals surface area contributed by atoms with E-state index in [0.29, 0.717) is 11.6 Å². The zero-order chi connectivity index (χ0) is 14.2. The van der Waals surface area contributed by atoms with Crippen molar-refractivity contribution in [3.8, 4) is 11.6 Å². The summed E-state index contributed by atoms with van der Waals surface area (Å²) in [4.78, 5) is 5.29. The third-order valence-electron chi connectivity index (χ3n) is 4.01. The van der Waals surface area contributed by atoms with Gasteiger partial charge in [-0.15, -0.1) is 11.3 Å². The fraction of sp³-hybridized carbons (Fsp3) is 0.312. The average molecular weight is 300 g/mol. The zero-order valence-electron chi connectivity index (χ0n) is 11.6. The molecule has 1 aliphatic rings. The fourth-order valence-corrected chi connectivity index (χ4v) is 3.65. The van der Waals surface area contributed by atoms with Crippen molar-refractivity contribution < 1.29 is 9.84 Å². The highest BCUT2D eigenvalue weighted by Gasteiger charge is 2.16. The number of aromatic nitrogens is 2. The highest BCUT2D eigenvalue weighted by atomic mass is 32.1. The maximum absolute atomic E-state index is 9.56. The lowest BCUT2D eigenvalue weighted by Crippen LogP contribution is -2.02. The van der Waals surface area contributed by atoms with Crippen LogP contribution < -0.4 is 4.74 Å². The van der Waals surface area contributed by atoms with Crippen molar-refractivity contribution >= 4 is 16.3 Å². The molecule has 0 fully saturated rings. The Morgan fingerprint density at radius 3 is 2.95 bits per heavy atom. The standard InChI is InChI=1S/C16H16N2O2S/c19-10-14-15(17-16-18(14)7-8-21-16)20-13-6-5-11-3-1-2-4-12(11)9-13/h5-9,19H,1-4,10H2. The minimum absolute atomic E-state index is 0.0851. The van der Waals surface area contributed by atoms with Crippen molar-refractivity contribution in [1.82, 2.24) is 9.38 Å². The molecule has 2 heterocycles. The van der Waals surface area contributed by atoms with Crippen LogP contribution in [0.15, 0.2) is 29.8 Å². The lowest BCUT2D eigenvalue weighted by molar-refractivity contribution is 0.270. The minimum Gasteiger partial charge on any atom is -0.437 e. The number of hydrogen-bond acceptors (Lipinski definition) is 4. The Labute approximate surface area is 126 Å². The molecule has 21 heavy (non-hydrogen) atoms. The van der Waals surface area contributed by atoms with Gasteiger partial charge in [-0.2, -0.15) is 4.98 Å². The average Bonchev–Trinajstić information content (AvgIpc) is 3.07. The van der Waals surface area contributed by atoms with E-state index in [1.807, 2.05) is 22.0 Å². The first-order valence-electron chi connectivity index (χ1n) is 7.20. The van der Waals surface area contributed by atoms with E-state index in [9.17, 15) is 5.11 Å². The largest absolute Gasteiger partial charge is 0.437 e. The van der Waals surface area contributed by atoms with Crippen LogP contribution in [0.3, 0.4) is 0 Å². The number of nitrogens with zero attached hydrogens (tertiary/aromatic N) is 2. The van der Waals surface area contributed by atoms with Crippen molar-refractivity contribution in [3.63, 3.8) is 0 Å². The first-order chi connectivity index (χ1) is 10.3. The SMILES string of the molecule is OCc1c(Oc2ccc3c(c2)CCCC3)nc2sccn12. The molecule has 5 heteroatoms. The van der Waals surface area contributed by atoms with Gasteiger partial charge in [-0.05, 0) is 48.9 Å². The summed E-state index contributed by atoms with van der Waals surface area (Å²) < 4.78 is 7.80. The normalized spacial score (nSPS) is 14.3. The maximum atomic E-state index is 9.56. The molecule has 108 valence electrons. The molecule has 0 amide bonds. The Balaban J connectivity index is 1.69. The molecular formula is C16H16N2O2S. The lowest BCUT2D eigenvalue weighted by atomic mass is 9.92. The second-order valence-corrected chi connectivity index (χ2v) is 6.19. The molecule has 0 bridgehead atoms. The van der Waals surface area contributed by atoms with Gasteiger partial charge in [-0.25, -0.2) is 0 Å². The van der Waals surface area contributed by atoms with E-state index in [1.165, 1.54) is 35.3 Å². The Kier molecular flexibility index (Phi) is 3.16. The van der Waals surface area contributed by atoms with Crippen LogP contribution in [0, 0.1) is 0 Å². The van der Waals surface area contributed by atoms with Crippen molar-refractivity contribution in [3.05, 3.63) is 46.6 Å². The van der Waals surface area contributed by atoms with Crippen LogP contribution in [0.25, 0.3) is 4.96 Å². The van der Waals surface area contributed by atoms with Crippen LogP contribution in [-0.4, -0.2) is 14.5 Å². The molecule has 4 nitrogen and oxygen atoms in total. The zero-order valence-corrected chi connectivity index (χ0v) is 12.4. The van der Waals surface area contributed by atoms with Crippen LogP contribution in [0.1, 0.15) is 29.7 Å². The third kappa shape index (κ3) is 2.22. The predicted molar refractivity (Wildman–Crippen MR) is 82.1 cm³/mol. The molecule has 3 aromatic rings. The first kappa shape index (κ1) is 12.9. The van der Waals surface area contributed by atoms with Crippen LogP contribution in [0.4, 0.5) is 0 Å². The molecule has 2 aromatic heterocycles. The summed E-state index contributed by atoms with van der Waals surface area (Å²) in [6, 6.07) is 6.27. The van der Waals surface area contributed by atoms with Crippen molar-refractivity contribution in [2.24, 2.45) is 0 Å². The number of aliphatic hydroxyl groups is 1. The van der Waals surface area contributed by atoms with Gasteiger partial charge in [0.05, 0.1) is 6.61 Å². The van der Waals surface area contributed by atoms with Gasteiger partial charge in [0.15, 0.2) is 4.96 Å². The molecule has 0 aliphatic heterocycles. The lowest BCUT2D eigenvalue weighted by Gasteiger charge is -2.16. The van der Waals surface area contributed by atoms with E-state index >= 15 is 0 Å². The summed E-state index contributed by atoms with van der Waals surface area (Å²) >= 11 is 1.53. The van der Waals surface area contributed by atoms with E-state index in [-0.39, 0.29) is 6.61 Å². The molecule has 4 rings (SSSR count). The number of ether oxygens (including phenoxy) is 1. The maximum Gasteiger partial charge on any atom is 0.244 e. The third-order valence-corrected chi connectivity index (χ3v) is 4.77. The molecule has 0 unspecified atom stereocenters. The van der Waals surface area contributed by atoms with Gasteiger partial charge in [0.2, 0.25) is 5.88 Å². The van der Waals surface area contributed by atoms with E-state index in [4.69, 9.17) is 4.74 Å². The summed E-state index contributed by atoms with van der Waals surface area (Å²) in [5.74, 6) is 1.30. The van der Waals surface area contributed by atoms with Crippen LogP contribution >= 0.6 is 11.3 Å². The van der Waals surface area contributed by atoms with Gasteiger partial charge in [0.25, 0.3) is 0 Å². The van der Waals surface area contributed by atoms with E-state index in [2.05, 4.69) is 17.1 Å². The molecule has 1 N–H and O–H groups in total. The minimum atomic E-state index is -0.0851. The summed E-state index contributed by atoms with van der Waals surface area (Å²) in [5.41, 5.74) is 3.51. The van der Waals surface area contributed by atoms with Gasteiger partial charge in [0, 0.05) is 11.6 Å². The summed E-state index contributed by atoms with van der Waals surface area (Å²) in [7, 11) is 0. The number of aliphatic hydroxyl groups excluding tert-OH is 1. The van der Waals surface area contributed by atoms with Gasteiger partial charge >= 0.3 is 0 Å². The van der Waals surface area contributed by atoms with Crippen molar-refractivity contribution in [1.29, 1.82) is 0 Å². The molecule has 1 aliphatic carbocycles. The Morgan fingerprint density at radius 2 is 2.10 bits per heavy atom. The number of aryl methyl sites for hydroxylation is 2. The second-order valence-electron chi connectivity index (χ2n) is 5.32. The predicted octanol–water partition coefficient (Wildman–Crippen LogP) is 3.56. The first-order valence-corrected chi connectivity index (χ1v) is 8.08. The van der Waals surface area contributed by atoms with Gasteiger partial charge in [-0.3, -0.25) is 4.40 Å². The molecule has 0 saturated carbocycles. The molecule has 0 radical (unpaired) electrons. The Hall–Kier alpha value is -1.85. The van der Waals surface area contributed by atoms with E-state index < -0.39 is 0 Å². The molecule has 1 aromatic carbocycles. The highest BCUT2D eigenvalue weighted by Crippen LogP contribution is 2.31. The van der Waals surface area contributed by atoms with Crippen LogP contribution in [0.5, 0.6) is 11.6 Å². The molecule has 0 saturated heterocycles. The highest BCUT2D eigenvalue weighted by molar-refractivity contribution is 7.15. The van der Waals surface area contributed by atoms with Crippen molar-refractivity contribution in [2.45, 2.75) is 32.3 Å². The number of hydrogen-bond donors (Lipinski definition) is 1. The summed E-state index contributed by atoms with van der Waals surface area (Å²) in [6.45, 7) is -0.0851. The fourth-order valence-electron chi connectivity index (χ4n) is 2.92. The van der Waals surface area contributed by atoms with E-state index in [1.54, 1.807) is 0 Å². The topological polar surface area (TPSA) is 46.8 Å². The molecule has 0 atom stereocenters. The monoisotopic (exact) mass is 300 g/mol. The van der Waals surface area contributed by atoms with Gasteiger partial charge in [0.1, 0.15) is 11.4 Å². The van der Waals surface area contributed by atoms with Crippen molar-refractivity contribution in [2.75, 3.05) is 0 Å². The Morgan fingerprint density at radius 1 is 1.24 bits per heavy atom. The molecule has 0 spiro atoms. The Bertz CT molecular complexity index is 791. The molecular weight excluding hydrogens is 284 g/mol. The van der Waals surface area contributed by atoms with Crippen LogP contribution in [-0.2, 0) is 19.4 Å². The quantitative estimate of drug-likeness (QED) is 0.804. The number of benzene rings is 1. The second kappa shape index (κ2) is 5.16. The van der Waals surface area contributed by atoms with Gasteiger partial charge < -0.3 is 9.84 Å². The van der Waals surface area contributed by atoms with E-state index in [0.717, 1.165) is 23.6 Å². The smallest absolute Gasteiger partial charge is 0.244 e. The van der Waals surface area contributed by atoms with Crippen LogP contribution in [0.2, 0.25) is 0 Å². The number of fused-ring (bicyclic) bond motifs is 2. The number of rotatable bonds is 3. The number of imidazole rings is 1. The summed E-state index contributed by atoms with van der Waals surface area (Å²) in [6.07, 6.45) is 6.71. The number of thiazole rings is 1.